The van der Waals surface area contributed by atoms with Gasteiger partial charge in [-0.25, -0.2) is 4.79 Å². The molecule has 0 bridgehead atoms. The smallest absolute Gasteiger partial charge is 0.431 e. The first-order valence-electron chi connectivity index (χ1n) is 7.68. The molecule has 1 heterocycles. The molecule has 0 aliphatic carbocycles. The van der Waals surface area contributed by atoms with E-state index in [4.69, 9.17) is 15.2 Å². The van der Waals surface area contributed by atoms with Crippen molar-refractivity contribution in [2.45, 2.75) is 46.6 Å². The third kappa shape index (κ3) is 4.45. The van der Waals surface area contributed by atoms with Crippen LogP contribution in [-0.2, 0) is 9.47 Å². The Balaban J connectivity index is 0.00000288. The first-order valence-corrected chi connectivity index (χ1v) is 7.68. The van der Waals surface area contributed by atoms with Crippen LogP contribution in [0.25, 0.3) is 0 Å². The van der Waals surface area contributed by atoms with Crippen molar-refractivity contribution >= 4 is 18.6 Å². The molecule has 0 aromatic heterocycles. The number of allylic oxidation sites excluding steroid dienone is 2. The normalized spacial score (nSPS) is 17.3. The van der Waals surface area contributed by atoms with Crippen LogP contribution in [0, 0.1) is 6.92 Å². The zero-order valence-corrected chi connectivity index (χ0v) is 15.5. The van der Waals surface area contributed by atoms with Gasteiger partial charge in [0.1, 0.15) is 5.76 Å². The molecule has 24 heavy (non-hydrogen) atoms. The third-order valence-electron chi connectivity index (χ3n) is 3.65. The number of dihydropyridines is 1. The van der Waals surface area contributed by atoms with E-state index < -0.39 is 6.16 Å². The Hall–Kier alpha value is -2.14. The zero-order valence-electron chi connectivity index (χ0n) is 14.7. The summed E-state index contributed by atoms with van der Waals surface area (Å²) in [7, 11) is 0. The van der Waals surface area contributed by atoms with Crippen molar-refractivity contribution in [1.82, 2.24) is 5.32 Å². The second kappa shape index (κ2) is 8.11. The summed E-state index contributed by atoms with van der Waals surface area (Å²) in [6, 6.07) is 8.00. The molecular weight excluding hydrogens is 328 g/mol. The van der Waals surface area contributed by atoms with Gasteiger partial charge in [-0.2, -0.15) is 0 Å². The number of aryl methyl sites for hydroxylation is 1. The number of carbonyl (C=O) groups excluding carboxylic acids is 1. The summed E-state index contributed by atoms with van der Waals surface area (Å²) in [6.07, 6.45) is -0.965. The first kappa shape index (κ1) is 19.9. The SMILES string of the molecule is CC1=C(N)C(c2cccc(C)c2)C(OC(=O)OC(C)C)=C(C)N1.Cl. The van der Waals surface area contributed by atoms with E-state index in [0.29, 0.717) is 11.5 Å². The molecule has 1 unspecified atom stereocenters. The Labute approximate surface area is 149 Å². The van der Waals surface area contributed by atoms with Crippen LogP contribution >= 0.6 is 12.4 Å². The van der Waals surface area contributed by atoms with Gasteiger partial charge in [-0.3, -0.25) is 0 Å². The molecule has 6 heteroatoms. The van der Waals surface area contributed by atoms with Crippen molar-refractivity contribution in [3.63, 3.8) is 0 Å². The molecule has 1 aromatic rings. The molecule has 0 saturated heterocycles. The van der Waals surface area contributed by atoms with E-state index >= 15 is 0 Å². The number of rotatable bonds is 3. The minimum Gasteiger partial charge on any atom is -0.431 e. The minimum absolute atomic E-state index is 0. The predicted octanol–water partition coefficient (Wildman–Crippen LogP) is 4.09. The molecule has 0 spiro atoms. The lowest BCUT2D eigenvalue weighted by Gasteiger charge is -2.29. The Kier molecular flexibility index (Phi) is 6.72. The Morgan fingerprint density at radius 1 is 1.21 bits per heavy atom. The summed E-state index contributed by atoms with van der Waals surface area (Å²) >= 11 is 0. The highest BCUT2D eigenvalue weighted by Gasteiger charge is 2.31. The molecule has 1 atom stereocenters. The van der Waals surface area contributed by atoms with Gasteiger partial charge in [0.05, 0.1) is 17.7 Å². The highest BCUT2D eigenvalue weighted by Crippen LogP contribution is 2.36. The van der Waals surface area contributed by atoms with Crippen molar-refractivity contribution in [3.8, 4) is 0 Å². The van der Waals surface area contributed by atoms with Crippen molar-refractivity contribution in [3.05, 3.63) is 58.2 Å². The maximum atomic E-state index is 11.9. The van der Waals surface area contributed by atoms with Crippen LogP contribution < -0.4 is 11.1 Å². The van der Waals surface area contributed by atoms with Gasteiger partial charge < -0.3 is 20.5 Å². The topological polar surface area (TPSA) is 73.6 Å². The van der Waals surface area contributed by atoms with E-state index in [-0.39, 0.29) is 24.4 Å². The monoisotopic (exact) mass is 352 g/mol. The number of nitrogens with two attached hydrogens (primary N) is 1. The standard InChI is InChI=1S/C18H24N2O3.ClH/c1-10(2)22-18(21)23-17-13(5)20-12(4)16(19)15(17)14-8-6-7-11(3)9-14;/h6-10,15,20H,19H2,1-5H3;1H. The van der Waals surface area contributed by atoms with Crippen LogP contribution in [-0.4, -0.2) is 12.3 Å². The Morgan fingerprint density at radius 2 is 1.88 bits per heavy atom. The van der Waals surface area contributed by atoms with E-state index in [2.05, 4.69) is 5.32 Å². The lowest BCUT2D eigenvalue weighted by Crippen LogP contribution is -2.30. The summed E-state index contributed by atoms with van der Waals surface area (Å²) in [5.41, 5.74) is 10.6. The van der Waals surface area contributed by atoms with Gasteiger partial charge in [-0.05, 0) is 40.2 Å². The number of ether oxygens (including phenoxy) is 2. The summed E-state index contributed by atoms with van der Waals surface area (Å²) < 4.78 is 10.6. The van der Waals surface area contributed by atoms with E-state index in [1.807, 2.05) is 45.0 Å². The molecule has 2 rings (SSSR count). The van der Waals surface area contributed by atoms with Crippen molar-refractivity contribution in [1.29, 1.82) is 0 Å². The van der Waals surface area contributed by atoms with Crippen LogP contribution in [0.2, 0.25) is 0 Å². The predicted molar refractivity (Wildman–Crippen MR) is 96.6 cm³/mol. The fourth-order valence-corrected chi connectivity index (χ4v) is 2.61. The molecule has 0 radical (unpaired) electrons. The average Bonchev–Trinajstić information content (AvgIpc) is 2.44. The van der Waals surface area contributed by atoms with Gasteiger partial charge >= 0.3 is 6.16 Å². The number of carbonyl (C=O) groups is 1. The van der Waals surface area contributed by atoms with Crippen LogP contribution in [0.3, 0.4) is 0 Å². The molecule has 0 saturated carbocycles. The molecular formula is C18H25ClN2O3. The lowest BCUT2D eigenvalue weighted by atomic mass is 9.89. The van der Waals surface area contributed by atoms with Gasteiger partial charge in [-0.1, -0.05) is 29.8 Å². The lowest BCUT2D eigenvalue weighted by molar-refractivity contribution is 0.0498. The van der Waals surface area contributed by atoms with Crippen molar-refractivity contribution < 1.29 is 14.3 Å². The molecule has 1 aliphatic heterocycles. The number of hydrogen-bond acceptors (Lipinski definition) is 5. The maximum absolute atomic E-state index is 11.9. The highest BCUT2D eigenvalue weighted by molar-refractivity contribution is 5.85. The van der Waals surface area contributed by atoms with Crippen molar-refractivity contribution in [2.24, 2.45) is 5.73 Å². The van der Waals surface area contributed by atoms with Gasteiger partial charge in [-0.15, -0.1) is 12.4 Å². The van der Waals surface area contributed by atoms with Crippen LogP contribution in [0.5, 0.6) is 0 Å². The molecule has 1 aliphatic rings. The van der Waals surface area contributed by atoms with E-state index in [1.165, 1.54) is 0 Å². The number of benzene rings is 1. The molecule has 0 amide bonds. The molecule has 0 fully saturated rings. The zero-order chi connectivity index (χ0) is 17.1. The van der Waals surface area contributed by atoms with E-state index in [1.54, 1.807) is 13.8 Å². The summed E-state index contributed by atoms with van der Waals surface area (Å²) in [5.74, 6) is 0.167. The fraction of sp³-hybridized carbons (Fsp3) is 0.389. The van der Waals surface area contributed by atoms with Gasteiger partial charge in [0.15, 0.2) is 0 Å². The number of hydrogen-bond donors (Lipinski definition) is 2. The Morgan fingerprint density at radius 3 is 2.46 bits per heavy atom. The summed E-state index contributed by atoms with van der Waals surface area (Å²) in [5, 5.41) is 3.15. The number of halogens is 1. The molecule has 3 N–H and O–H groups in total. The second-order valence-corrected chi connectivity index (χ2v) is 6.06. The van der Waals surface area contributed by atoms with Crippen LogP contribution in [0.15, 0.2) is 47.1 Å². The second-order valence-electron chi connectivity index (χ2n) is 6.06. The van der Waals surface area contributed by atoms with Gasteiger partial charge in [0, 0.05) is 11.4 Å². The van der Waals surface area contributed by atoms with E-state index in [9.17, 15) is 4.79 Å². The molecule has 1 aromatic carbocycles. The van der Waals surface area contributed by atoms with Gasteiger partial charge in [0.25, 0.3) is 0 Å². The summed E-state index contributed by atoms with van der Waals surface area (Å²) in [4.78, 5) is 11.9. The molecule has 132 valence electrons. The largest absolute Gasteiger partial charge is 0.513 e. The Bertz CT molecular complexity index is 681. The first-order chi connectivity index (χ1) is 10.8. The van der Waals surface area contributed by atoms with Gasteiger partial charge in [0.2, 0.25) is 0 Å². The third-order valence-corrected chi connectivity index (χ3v) is 3.65. The highest BCUT2D eigenvalue weighted by atomic mass is 35.5. The van der Waals surface area contributed by atoms with E-state index in [0.717, 1.165) is 22.5 Å². The summed E-state index contributed by atoms with van der Waals surface area (Å²) in [6.45, 7) is 9.33. The van der Waals surface area contributed by atoms with Crippen molar-refractivity contribution in [2.75, 3.05) is 0 Å². The van der Waals surface area contributed by atoms with Crippen LogP contribution in [0.4, 0.5) is 4.79 Å². The molecule has 5 nitrogen and oxygen atoms in total. The quantitative estimate of drug-likeness (QED) is 0.801. The maximum Gasteiger partial charge on any atom is 0.513 e. The average molecular weight is 353 g/mol. The van der Waals surface area contributed by atoms with Crippen LogP contribution in [0.1, 0.15) is 44.7 Å². The minimum atomic E-state index is -0.721. The fourth-order valence-electron chi connectivity index (χ4n) is 2.61. The number of nitrogens with one attached hydrogen (secondary N) is 1.